The van der Waals surface area contributed by atoms with Crippen LogP contribution in [0.2, 0.25) is 0 Å². The Morgan fingerprint density at radius 1 is 1.08 bits per heavy atom. The van der Waals surface area contributed by atoms with Crippen molar-refractivity contribution in [3.05, 3.63) is 0 Å². The van der Waals surface area contributed by atoms with Crippen LogP contribution in [-0.2, 0) is 9.47 Å². The lowest BCUT2D eigenvalue weighted by molar-refractivity contribution is -0.120. The summed E-state index contributed by atoms with van der Waals surface area (Å²) < 4.78 is 9.50. The molecular weight excluding hydrogens is 172 g/mol. The van der Waals surface area contributed by atoms with E-state index in [2.05, 4.69) is 4.74 Å². The molecule has 0 unspecified atom stereocenters. The minimum absolute atomic E-state index is 0.622. The van der Waals surface area contributed by atoms with Gasteiger partial charge < -0.3 is 19.7 Å². The molecule has 2 aliphatic carbocycles. The van der Waals surface area contributed by atoms with Crippen LogP contribution in [0.3, 0.4) is 0 Å². The largest absolute Gasteiger partial charge is 0.365 e. The van der Waals surface area contributed by atoms with Gasteiger partial charge in [0, 0.05) is 39.4 Å². The number of hydrogen-bond acceptors (Lipinski definition) is 4. The zero-order valence-electron chi connectivity index (χ0n) is 8.25. The van der Waals surface area contributed by atoms with Gasteiger partial charge in [-0.2, -0.15) is 0 Å². The fourth-order valence-corrected chi connectivity index (χ4v) is 0.831. The van der Waals surface area contributed by atoms with Crippen molar-refractivity contribution >= 4 is 0 Å². The van der Waals surface area contributed by atoms with Gasteiger partial charge >= 0.3 is 0 Å². The van der Waals surface area contributed by atoms with Gasteiger partial charge in [-0.25, -0.2) is 0 Å². The Bertz CT molecular complexity index is 161. The summed E-state index contributed by atoms with van der Waals surface area (Å²) in [5.74, 6) is -1.41. The molecule has 0 atom stereocenters. The first kappa shape index (κ1) is 10.9. The van der Waals surface area contributed by atoms with Gasteiger partial charge in [-0.15, -0.1) is 0 Å². The maximum absolute atomic E-state index is 8.91. The predicted octanol–water partition coefficient (Wildman–Crippen LogP) is 0.621. The van der Waals surface area contributed by atoms with Crippen molar-refractivity contribution in [2.75, 3.05) is 13.7 Å². The van der Waals surface area contributed by atoms with Gasteiger partial charge in [0.1, 0.15) is 0 Å². The summed E-state index contributed by atoms with van der Waals surface area (Å²) >= 11 is 0. The van der Waals surface area contributed by atoms with E-state index in [1.807, 2.05) is 6.92 Å². The maximum Gasteiger partial charge on any atom is 0.165 e. The van der Waals surface area contributed by atoms with E-state index in [1.165, 1.54) is 7.11 Å². The molecule has 0 aromatic carbocycles. The van der Waals surface area contributed by atoms with E-state index in [0.29, 0.717) is 6.61 Å². The SMILES string of the molecule is CCOC1(O)CC1.COC1(O)CC1. The Balaban J connectivity index is 0.000000132. The maximum atomic E-state index is 8.91. The van der Waals surface area contributed by atoms with Crippen molar-refractivity contribution in [3.63, 3.8) is 0 Å². The molecule has 0 bridgehead atoms. The normalized spacial score (nSPS) is 25.8. The summed E-state index contributed by atoms with van der Waals surface area (Å²) in [4.78, 5) is 0. The first-order valence-corrected chi connectivity index (χ1v) is 4.67. The minimum atomic E-state index is -0.708. The molecule has 2 aliphatic rings. The molecule has 2 rings (SSSR count). The zero-order chi connectivity index (χ0) is 9.95. The highest BCUT2D eigenvalue weighted by Crippen LogP contribution is 2.35. The summed E-state index contributed by atoms with van der Waals surface area (Å²) in [5, 5.41) is 17.6. The Morgan fingerprint density at radius 2 is 1.54 bits per heavy atom. The van der Waals surface area contributed by atoms with Crippen LogP contribution in [0.1, 0.15) is 32.6 Å². The topological polar surface area (TPSA) is 58.9 Å². The quantitative estimate of drug-likeness (QED) is 0.640. The van der Waals surface area contributed by atoms with Gasteiger partial charge in [0.15, 0.2) is 11.6 Å². The molecule has 0 saturated heterocycles. The third kappa shape index (κ3) is 4.04. The summed E-state index contributed by atoms with van der Waals surface area (Å²) in [5.41, 5.74) is 0. The number of hydrogen-bond donors (Lipinski definition) is 2. The Morgan fingerprint density at radius 3 is 1.62 bits per heavy atom. The summed E-state index contributed by atoms with van der Waals surface area (Å²) in [6, 6.07) is 0. The highest BCUT2D eigenvalue weighted by Gasteiger charge is 2.41. The molecule has 0 amide bonds. The lowest BCUT2D eigenvalue weighted by Crippen LogP contribution is -2.11. The highest BCUT2D eigenvalue weighted by molar-refractivity contribution is 4.82. The van der Waals surface area contributed by atoms with Gasteiger partial charge in [-0.1, -0.05) is 0 Å². The molecule has 2 fully saturated rings. The monoisotopic (exact) mass is 190 g/mol. The molecule has 0 radical (unpaired) electrons. The van der Waals surface area contributed by atoms with E-state index in [9.17, 15) is 0 Å². The molecule has 2 saturated carbocycles. The molecule has 2 N–H and O–H groups in total. The number of methoxy groups -OCH3 is 1. The fraction of sp³-hybridized carbons (Fsp3) is 1.00. The molecule has 0 heterocycles. The van der Waals surface area contributed by atoms with Crippen LogP contribution in [0.15, 0.2) is 0 Å². The lowest BCUT2D eigenvalue weighted by Gasteiger charge is -2.04. The van der Waals surface area contributed by atoms with Crippen LogP contribution in [0.5, 0.6) is 0 Å². The molecule has 0 aromatic rings. The van der Waals surface area contributed by atoms with E-state index in [4.69, 9.17) is 14.9 Å². The molecule has 0 aromatic heterocycles. The standard InChI is InChI=1S/C5H10O2.C4H8O2/c1-2-7-5(6)3-4-5;1-6-4(5)2-3-4/h6H,2-4H2,1H3;5H,2-3H2,1H3. The Labute approximate surface area is 78.5 Å². The highest BCUT2D eigenvalue weighted by atomic mass is 16.6. The molecule has 4 nitrogen and oxygen atoms in total. The van der Waals surface area contributed by atoms with Crippen LogP contribution in [-0.4, -0.2) is 35.5 Å². The van der Waals surface area contributed by atoms with Crippen molar-refractivity contribution in [1.29, 1.82) is 0 Å². The van der Waals surface area contributed by atoms with E-state index < -0.39 is 11.6 Å². The van der Waals surface area contributed by atoms with E-state index in [-0.39, 0.29) is 0 Å². The smallest absolute Gasteiger partial charge is 0.165 e. The third-order valence-electron chi connectivity index (χ3n) is 2.15. The van der Waals surface area contributed by atoms with Gasteiger partial charge in [0.05, 0.1) is 0 Å². The molecule has 78 valence electrons. The van der Waals surface area contributed by atoms with Crippen molar-refractivity contribution < 1.29 is 19.7 Å². The van der Waals surface area contributed by atoms with E-state index in [1.54, 1.807) is 0 Å². The van der Waals surface area contributed by atoms with Gasteiger partial charge in [-0.3, -0.25) is 0 Å². The number of aliphatic hydroxyl groups is 2. The van der Waals surface area contributed by atoms with Crippen molar-refractivity contribution in [3.8, 4) is 0 Å². The first-order chi connectivity index (χ1) is 6.04. The Kier molecular flexibility index (Phi) is 3.29. The second-order valence-electron chi connectivity index (χ2n) is 3.53. The number of ether oxygens (including phenoxy) is 2. The average molecular weight is 190 g/mol. The van der Waals surface area contributed by atoms with Crippen molar-refractivity contribution in [2.24, 2.45) is 0 Å². The third-order valence-corrected chi connectivity index (χ3v) is 2.15. The van der Waals surface area contributed by atoms with Crippen LogP contribution < -0.4 is 0 Å². The van der Waals surface area contributed by atoms with Crippen molar-refractivity contribution in [1.82, 2.24) is 0 Å². The second-order valence-corrected chi connectivity index (χ2v) is 3.53. The summed E-state index contributed by atoms with van der Waals surface area (Å²) in [6.07, 6.45) is 3.26. The van der Waals surface area contributed by atoms with Crippen LogP contribution in [0, 0.1) is 0 Å². The van der Waals surface area contributed by atoms with Gasteiger partial charge in [0.25, 0.3) is 0 Å². The van der Waals surface area contributed by atoms with Gasteiger partial charge in [-0.05, 0) is 6.92 Å². The minimum Gasteiger partial charge on any atom is -0.365 e. The fourth-order valence-electron chi connectivity index (χ4n) is 0.831. The molecule has 0 aliphatic heterocycles. The van der Waals surface area contributed by atoms with Crippen molar-refractivity contribution in [2.45, 2.75) is 44.2 Å². The first-order valence-electron chi connectivity index (χ1n) is 4.67. The van der Waals surface area contributed by atoms with Crippen LogP contribution in [0.4, 0.5) is 0 Å². The zero-order valence-corrected chi connectivity index (χ0v) is 8.25. The second kappa shape index (κ2) is 3.92. The molecule has 0 spiro atoms. The van der Waals surface area contributed by atoms with Gasteiger partial charge in [0.2, 0.25) is 0 Å². The molecule has 13 heavy (non-hydrogen) atoms. The lowest BCUT2D eigenvalue weighted by atomic mass is 10.7. The van der Waals surface area contributed by atoms with Crippen LogP contribution in [0.25, 0.3) is 0 Å². The molecule has 4 heteroatoms. The summed E-state index contributed by atoms with van der Waals surface area (Å²) in [7, 11) is 1.52. The predicted molar refractivity (Wildman–Crippen MR) is 47.0 cm³/mol. The average Bonchev–Trinajstić information content (AvgIpc) is 2.96. The molecular formula is C9H18O4. The number of rotatable bonds is 3. The van der Waals surface area contributed by atoms with E-state index in [0.717, 1.165) is 25.7 Å². The Hall–Kier alpha value is -0.160. The summed E-state index contributed by atoms with van der Waals surface area (Å²) in [6.45, 7) is 2.51. The van der Waals surface area contributed by atoms with Crippen LogP contribution >= 0.6 is 0 Å². The van der Waals surface area contributed by atoms with E-state index >= 15 is 0 Å².